The Morgan fingerprint density at radius 1 is 0.385 bits per heavy atom. The molecule has 0 aliphatic rings. The van der Waals surface area contributed by atoms with Gasteiger partial charge in [-0.05, 0) is 53.6 Å². The number of rotatable bonds is 6. The third kappa shape index (κ3) is 5.28. The Kier molecular flexibility index (Phi) is 6.99. The third-order valence-electron chi connectivity index (χ3n) is 9.23. The van der Waals surface area contributed by atoms with E-state index < -0.39 is 0 Å². The first kappa shape index (κ1) is 29.6. The molecule has 0 spiro atoms. The zero-order valence-electron chi connectivity index (χ0n) is 27.6. The largest absolute Gasteiger partial charge is 0.456 e. The first-order valence-electron chi connectivity index (χ1n) is 17.0. The van der Waals surface area contributed by atoms with E-state index in [2.05, 4.69) is 35.3 Å². The number of furan rings is 1. The van der Waals surface area contributed by atoms with Gasteiger partial charge in [0, 0.05) is 39.2 Å². The lowest BCUT2D eigenvalue weighted by Crippen LogP contribution is -2.00. The quantitative estimate of drug-likeness (QED) is 0.174. The number of aromatic nitrogens is 5. The van der Waals surface area contributed by atoms with Gasteiger partial charge >= 0.3 is 0 Å². The van der Waals surface area contributed by atoms with E-state index in [1.165, 1.54) is 0 Å². The first-order chi connectivity index (χ1) is 25.7. The molecule has 10 rings (SSSR count). The zero-order valence-corrected chi connectivity index (χ0v) is 27.6. The molecule has 0 aliphatic heterocycles. The lowest BCUT2D eigenvalue weighted by Gasteiger charge is -2.08. The molecule has 0 amide bonds. The topological polar surface area (TPSA) is 90.7 Å². The van der Waals surface area contributed by atoms with Crippen molar-refractivity contribution < 1.29 is 8.83 Å². The van der Waals surface area contributed by atoms with Crippen LogP contribution in [0.5, 0.6) is 0 Å². The van der Waals surface area contributed by atoms with Crippen LogP contribution in [0.25, 0.3) is 101 Å². The molecule has 52 heavy (non-hydrogen) atoms. The summed E-state index contributed by atoms with van der Waals surface area (Å²) in [6, 6.07) is 52.4. The smallest absolute Gasteiger partial charge is 0.228 e. The van der Waals surface area contributed by atoms with Gasteiger partial charge < -0.3 is 8.83 Å². The van der Waals surface area contributed by atoms with Crippen LogP contribution in [0.1, 0.15) is 0 Å². The van der Waals surface area contributed by atoms with Gasteiger partial charge in [0.1, 0.15) is 16.7 Å². The number of hydrogen-bond acceptors (Lipinski definition) is 7. The maximum absolute atomic E-state index is 6.49. The van der Waals surface area contributed by atoms with Crippen molar-refractivity contribution in [3.63, 3.8) is 0 Å². The Morgan fingerprint density at radius 2 is 1.02 bits per heavy atom. The standard InChI is InChI=1S/C45H27N5O2/c1-4-11-28(12-5-1)36-23-20-33(27-46-36)45-47-37-25-31(21-24-38(37)52-45)34-17-10-18-39-41(34)35-22-19-32(26-40(35)51-39)44-49-42(29-13-6-2-7-14-29)48-43(50-44)30-15-8-3-9-16-30/h1-27H. The van der Waals surface area contributed by atoms with E-state index in [-0.39, 0.29) is 0 Å². The molecule has 0 bridgehead atoms. The van der Waals surface area contributed by atoms with Crippen molar-refractivity contribution in [1.29, 1.82) is 0 Å². The summed E-state index contributed by atoms with van der Waals surface area (Å²) >= 11 is 0. The van der Waals surface area contributed by atoms with Crippen molar-refractivity contribution in [1.82, 2.24) is 24.9 Å². The average Bonchev–Trinajstić information content (AvgIpc) is 3.83. The average molecular weight is 670 g/mol. The lowest BCUT2D eigenvalue weighted by atomic mass is 9.98. The van der Waals surface area contributed by atoms with Crippen molar-refractivity contribution >= 4 is 33.0 Å². The predicted molar refractivity (Wildman–Crippen MR) is 205 cm³/mol. The second-order valence-corrected chi connectivity index (χ2v) is 12.5. The molecule has 6 aromatic carbocycles. The summed E-state index contributed by atoms with van der Waals surface area (Å²) in [5.74, 6) is 2.34. The van der Waals surface area contributed by atoms with Gasteiger partial charge in [-0.1, -0.05) is 115 Å². The van der Waals surface area contributed by atoms with E-state index in [4.69, 9.17) is 28.8 Å². The van der Waals surface area contributed by atoms with Crippen LogP contribution in [-0.4, -0.2) is 24.9 Å². The highest BCUT2D eigenvalue weighted by molar-refractivity contribution is 6.13. The molecule has 4 heterocycles. The van der Waals surface area contributed by atoms with E-state index in [9.17, 15) is 0 Å². The van der Waals surface area contributed by atoms with Gasteiger partial charge in [0.15, 0.2) is 23.1 Å². The van der Waals surface area contributed by atoms with E-state index in [0.717, 1.165) is 72.1 Å². The summed E-state index contributed by atoms with van der Waals surface area (Å²) in [7, 11) is 0. The van der Waals surface area contributed by atoms with Gasteiger partial charge in [-0.25, -0.2) is 19.9 Å². The fraction of sp³-hybridized carbons (Fsp3) is 0. The molecule has 4 aromatic heterocycles. The highest BCUT2D eigenvalue weighted by Gasteiger charge is 2.18. The summed E-state index contributed by atoms with van der Waals surface area (Å²) in [5.41, 5.74) is 10.5. The van der Waals surface area contributed by atoms with Crippen LogP contribution in [0.4, 0.5) is 0 Å². The molecule has 0 unspecified atom stereocenters. The van der Waals surface area contributed by atoms with Gasteiger partial charge in [-0.3, -0.25) is 4.98 Å². The van der Waals surface area contributed by atoms with Gasteiger partial charge in [0.25, 0.3) is 0 Å². The Balaban J connectivity index is 1.03. The molecule has 0 aliphatic carbocycles. The summed E-state index contributed by atoms with van der Waals surface area (Å²) in [6.07, 6.45) is 1.81. The van der Waals surface area contributed by atoms with Crippen LogP contribution in [0.2, 0.25) is 0 Å². The molecule has 7 heteroatoms. The van der Waals surface area contributed by atoms with Gasteiger partial charge in [0.2, 0.25) is 5.89 Å². The van der Waals surface area contributed by atoms with E-state index in [1.807, 2.05) is 134 Å². The molecule has 7 nitrogen and oxygen atoms in total. The maximum Gasteiger partial charge on any atom is 0.228 e. The van der Waals surface area contributed by atoms with Crippen LogP contribution in [0.15, 0.2) is 173 Å². The SMILES string of the molecule is c1ccc(-c2ccc(-c3nc4cc(-c5cccc6oc7cc(-c8nc(-c9ccccc9)nc(-c9ccccc9)n8)ccc7c56)ccc4o3)cn2)cc1. The van der Waals surface area contributed by atoms with Gasteiger partial charge in [-0.15, -0.1) is 0 Å². The van der Waals surface area contributed by atoms with Crippen LogP contribution in [-0.2, 0) is 0 Å². The molecule has 0 atom stereocenters. The van der Waals surface area contributed by atoms with Crippen molar-refractivity contribution in [2.24, 2.45) is 0 Å². The van der Waals surface area contributed by atoms with Crippen LogP contribution < -0.4 is 0 Å². The molecule has 0 N–H and O–H groups in total. The molecule has 10 aromatic rings. The van der Waals surface area contributed by atoms with Crippen LogP contribution in [0, 0.1) is 0 Å². The second kappa shape index (κ2) is 12.3. The molecular weight excluding hydrogens is 643 g/mol. The highest BCUT2D eigenvalue weighted by Crippen LogP contribution is 2.39. The predicted octanol–water partition coefficient (Wildman–Crippen LogP) is 11.3. The molecule has 244 valence electrons. The van der Waals surface area contributed by atoms with E-state index >= 15 is 0 Å². The minimum atomic E-state index is 0.530. The minimum absolute atomic E-state index is 0.530. The summed E-state index contributed by atoms with van der Waals surface area (Å²) in [4.78, 5) is 24.2. The molecule has 0 saturated heterocycles. The Morgan fingerprint density at radius 3 is 1.69 bits per heavy atom. The Hall–Kier alpha value is -7.25. The number of pyridine rings is 1. The van der Waals surface area contributed by atoms with E-state index in [0.29, 0.717) is 28.9 Å². The third-order valence-corrected chi connectivity index (χ3v) is 9.23. The Bertz CT molecular complexity index is 2830. The maximum atomic E-state index is 6.49. The fourth-order valence-corrected chi connectivity index (χ4v) is 6.66. The summed E-state index contributed by atoms with van der Waals surface area (Å²) in [5, 5.41) is 2.03. The van der Waals surface area contributed by atoms with Crippen LogP contribution in [0.3, 0.4) is 0 Å². The summed E-state index contributed by atoms with van der Waals surface area (Å²) in [6.45, 7) is 0. The van der Waals surface area contributed by atoms with Crippen molar-refractivity contribution in [2.45, 2.75) is 0 Å². The number of hydrogen-bond donors (Lipinski definition) is 0. The number of oxazole rings is 1. The first-order valence-corrected chi connectivity index (χ1v) is 17.0. The van der Waals surface area contributed by atoms with Crippen molar-refractivity contribution in [3.05, 3.63) is 164 Å². The number of nitrogens with zero attached hydrogens (tertiary/aromatic N) is 5. The Labute approximate surface area is 298 Å². The van der Waals surface area contributed by atoms with Gasteiger partial charge in [-0.2, -0.15) is 0 Å². The molecular formula is C45H27N5O2. The normalized spacial score (nSPS) is 11.5. The zero-order chi connectivity index (χ0) is 34.4. The minimum Gasteiger partial charge on any atom is -0.456 e. The molecule has 0 fully saturated rings. The lowest BCUT2D eigenvalue weighted by molar-refractivity contribution is 0.619. The monoisotopic (exact) mass is 669 g/mol. The number of benzene rings is 6. The summed E-state index contributed by atoms with van der Waals surface area (Å²) < 4.78 is 12.7. The number of fused-ring (bicyclic) bond motifs is 4. The van der Waals surface area contributed by atoms with Gasteiger partial charge in [0.05, 0.1) is 11.3 Å². The van der Waals surface area contributed by atoms with Crippen molar-refractivity contribution in [3.8, 4) is 68.0 Å². The van der Waals surface area contributed by atoms with E-state index in [1.54, 1.807) is 0 Å². The van der Waals surface area contributed by atoms with Crippen molar-refractivity contribution in [2.75, 3.05) is 0 Å². The van der Waals surface area contributed by atoms with Crippen LogP contribution >= 0.6 is 0 Å². The second-order valence-electron chi connectivity index (χ2n) is 12.5. The fourth-order valence-electron chi connectivity index (χ4n) is 6.66. The molecule has 0 radical (unpaired) electrons. The molecule has 0 saturated carbocycles. The highest BCUT2D eigenvalue weighted by atomic mass is 16.3.